The summed E-state index contributed by atoms with van der Waals surface area (Å²) in [6.07, 6.45) is -3.56. The van der Waals surface area contributed by atoms with Crippen molar-refractivity contribution in [1.29, 1.82) is 0 Å². The average molecular weight is 432 g/mol. The minimum atomic E-state index is -4.40. The monoisotopic (exact) mass is 432 g/mol. The Hall–Kier alpha value is -2.94. The zero-order valence-electron chi connectivity index (χ0n) is 16.2. The minimum Gasteiger partial charge on any atom is -0.353 e. The van der Waals surface area contributed by atoms with Gasteiger partial charge in [-0.1, -0.05) is 29.8 Å². The molecule has 0 unspecified atom stereocenters. The average Bonchev–Trinajstić information content (AvgIpc) is 3.24. The van der Waals surface area contributed by atoms with Gasteiger partial charge in [0.25, 0.3) is 5.91 Å². The number of thiazole rings is 1. The number of pyridine rings is 1. The normalized spacial score (nSPS) is 14.8. The second-order valence-electron chi connectivity index (χ2n) is 7.09. The van der Waals surface area contributed by atoms with Crippen LogP contribution in [0.1, 0.15) is 21.6 Å². The number of hydrogen-bond donors (Lipinski definition) is 0. The van der Waals surface area contributed by atoms with Gasteiger partial charge in [-0.05, 0) is 19.1 Å². The number of hydrogen-bond acceptors (Lipinski definition) is 5. The van der Waals surface area contributed by atoms with Crippen molar-refractivity contribution in [1.82, 2.24) is 14.9 Å². The van der Waals surface area contributed by atoms with Crippen molar-refractivity contribution < 1.29 is 18.0 Å². The van der Waals surface area contributed by atoms with Gasteiger partial charge in [0.05, 0.1) is 5.56 Å². The van der Waals surface area contributed by atoms with E-state index in [0.29, 0.717) is 37.7 Å². The summed E-state index contributed by atoms with van der Waals surface area (Å²) >= 11 is 1.43. The molecule has 1 saturated heterocycles. The SMILES string of the molecule is Cc1ccc(-c2nc(C(=O)N3CCN(c4ccc(C(F)(F)F)cn4)CC3)cs2)cc1. The van der Waals surface area contributed by atoms with Gasteiger partial charge in [0.1, 0.15) is 16.5 Å². The van der Waals surface area contributed by atoms with Crippen molar-refractivity contribution in [3.8, 4) is 10.6 Å². The third kappa shape index (κ3) is 4.30. The van der Waals surface area contributed by atoms with E-state index in [1.165, 1.54) is 17.4 Å². The lowest BCUT2D eigenvalue weighted by Gasteiger charge is -2.35. The number of piperazine rings is 1. The van der Waals surface area contributed by atoms with E-state index in [9.17, 15) is 18.0 Å². The predicted molar refractivity (Wildman–Crippen MR) is 110 cm³/mol. The van der Waals surface area contributed by atoms with E-state index in [2.05, 4.69) is 9.97 Å². The van der Waals surface area contributed by atoms with E-state index in [1.54, 1.807) is 10.3 Å². The Morgan fingerprint density at radius 1 is 1.03 bits per heavy atom. The van der Waals surface area contributed by atoms with E-state index in [4.69, 9.17) is 0 Å². The molecule has 1 aliphatic rings. The molecular weight excluding hydrogens is 413 g/mol. The molecule has 3 aromatic rings. The lowest BCUT2D eigenvalue weighted by atomic mass is 10.2. The summed E-state index contributed by atoms with van der Waals surface area (Å²) < 4.78 is 38.1. The van der Waals surface area contributed by atoms with Crippen LogP contribution >= 0.6 is 11.3 Å². The molecule has 0 N–H and O–H groups in total. The van der Waals surface area contributed by atoms with Crippen LogP contribution in [0.5, 0.6) is 0 Å². The molecule has 0 bridgehead atoms. The number of anilines is 1. The van der Waals surface area contributed by atoms with Gasteiger partial charge in [0.15, 0.2) is 0 Å². The van der Waals surface area contributed by atoms with Gasteiger partial charge >= 0.3 is 6.18 Å². The number of nitrogens with zero attached hydrogens (tertiary/aromatic N) is 4. The summed E-state index contributed by atoms with van der Waals surface area (Å²) in [5, 5.41) is 2.56. The lowest BCUT2D eigenvalue weighted by molar-refractivity contribution is -0.137. The molecule has 3 heterocycles. The van der Waals surface area contributed by atoms with Gasteiger partial charge in [-0.15, -0.1) is 11.3 Å². The van der Waals surface area contributed by atoms with Crippen LogP contribution in [0.4, 0.5) is 19.0 Å². The van der Waals surface area contributed by atoms with Crippen molar-refractivity contribution in [3.05, 3.63) is 64.8 Å². The molecule has 1 amide bonds. The molecule has 0 atom stereocenters. The number of carbonyl (C=O) groups is 1. The molecule has 0 saturated carbocycles. The van der Waals surface area contributed by atoms with Crippen LogP contribution in [0.2, 0.25) is 0 Å². The molecule has 156 valence electrons. The standard InChI is InChI=1S/C21H19F3N4OS/c1-14-2-4-15(5-3-14)19-26-17(13-30-19)20(29)28-10-8-27(9-11-28)18-7-6-16(12-25-18)21(22,23)24/h2-7,12-13H,8-11H2,1H3. The van der Waals surface area contributed by atoms with Crippen LogP contribution in [0, 0.1) is 6.92 Å². The molecule has 30 heavy (non-hydrogen) atoms. The Labute approximate surface area is 175 Å². The Kier molecular flexibility index (Phi) is 5.46. The number of aryl methyl sites for hydroxylation is 1. The molecule has 9 heteroatoms. The molecular formula is C21H19F3N4OS. The van der Waals surface area contributed by atoms with E-state index >= 15 is 0 Å². The summed E-state index contributed by atoms with van der Waals surface area (Å²) in [5.41, 5.74) is 1.78. The van der Waals surface area contributed by atoms with Crippen LogP contribution < -0.4 is 4.90 Å². The number of rotatable bonds is 3. The Balaban J connectivity index is 1.38. The second kappa shape index (κ2) is 8.06. The lowest BCUT2D eigenvalue weighted by Crippen LogP contribution is -2.49. The molecule has 0 spiro atoms. The Morgan fingerprint density at radius 2 is 1.73 bits per heavy atom. The number of amides is 1. The third-order valence-electron chi connectivity index (χ3n) is 4.99. The first-order valence-corrected chi connectivity index (χ1v) is 10.3. The maximum absolute atomic E-state index is 12.8. The molecule has 0 aliphatic carbocycles. The molecule has 0 radical (unpaired) electrons. The Morgan fingerprint density at radius 3 is 2.33 bits per heavy atom. The molecule has 1 aromatic carbocycles. The maximum Gasteiger partial charge on any atom is 0.417 e. The van der Waals surface area contributed by atoms with Gasteiger partial charge in [-0.3, -0.25) is 4.79 Å². The van der Waals surface area contributed by atoms with Crippen molar-refractivity contribution in [2.75, 3.05) is 31.1 Å². The highest BCUT2D eigenvalue weighted by Gasteiger charge is 2.31. The number of alkyl halides is 3. The number of benzene rings is 1. The van der Waals surface area contributed by atoms with Crippen molar-refractivity contribution in [2.45, 2.75) is 13.1 Å². The van der Waals surface area contributed by atoms with E-state index in [1.807, 2.05) is 36.1 Å². The molecule has 1 fully saturated rings. The summed E-state index contributed by atoms with van der Waals surface area (Å²) in [7, 11) is 0. The fourth-order valence-electron chi connectivity index (χ4n) is 3.24. The second-order valence-corrected chi connectivity index (χ2v) is 7.94. The van der Waals surface area contributed by atoms with Crippen LogP contribution in [-0.4, -0.2) is 47.0 Å². The fraction of sp³-hybridized carbons (Fsp3) is 0.286. The highest BCUT2D eigenvalue weighted by Crippen LogP contribution is 2.29. The van der Waals surface area contributed by atoms with E-state index in [-0.39, 0.29) is 5.91 Å². The molecule has 1 aliphatic heterocycles. The van der Waals surface area contributed by atoms with Crippen molar-refractivity contribution in [2.24, 2.45) is 0 Å². The Bertz CT molecular complexity index is 1020. The first kappa shape index (κ1) is 20.3. The third-order valence-corrected chi connectivity index (χ3v) is 5.88. The zero-order chi connectivity index (χ0) is 21.3. The quantitative estimate of drug-likeness (QED) is 0.612. The number of carbonyl (C=O) groups excluding carboxylic acids is 1. The zero-order valence-corrected chi connectivity index (χ0v) is 17.0. The van der Waals surface area contributed by atoms with Crippen LogP contribution in [0.15, 0.2) is 48.0 Å². The van der Waals surface area contributed by atoms with Gasteiger partial charge < -0.3 is 9.80 Å². The van der Waals surface area contributed by atoms with Gasteiger partial charge in [-0.25, -0.2) is 9.97 Å². The largest absolute Gasteiger partial charge is 0.417 e. The molecule has 2 aromatic heterocycles. The van der Waals surface area contributed by atoms with Crippen LogP contribution in [0.3, 0.4) is 0 Å². The van der Waals surface area contributed by atoms with Crippen molar-refractivity contribution in [3.63, 3.8) is 0 Å². The van der Waals surface area contributed by atoms with Gasteiger partial charge in [-0.2, -0.15) is 13.2 Å². The number of aromatic nitrogens is 2. The van der Waals surface area contributed by atoms with Crippen LogP contribution in [-0.2, 0) is 6.18 Å². The number of halogens is 3. The first-order valence-electron chi connectivity index (χ1n) is 9.41. The van der Waals surface area contributed by atoms with Crippen molar-refractivity contribution >= 4 is 23.1 Å². The minimum absolute atomic E-state index is 0.135. The maximum atomic E-state index is 12.8. The summed E-state index contributed by atoms with van der Waals surface area (Å²) in [5.74, 6) is 0.343. The fourth-order valence-corrected chi connectivity index (χ4v) is 4.04. The smallest absolute Gasteiger partial charge is 0.353 e. The van der Waals surface area contributed by atoms with Gasteiger partial charge in [0.2, 0.25) is 0 Å². The predicted octanol–water partition coefficient (Wildman–Crippen LogP) is 4.49. The highest BCUT2D eigenvalue weighted by atomic mass is 32.1. The van der Waals surface area contributed by atoms with E-state index < -0.39 is 11.7 Å². The summed E-state index contributed by atoms with van der Waals surface area (Å²) in [4.78, 5) is 24.8. The first-order chi connectivity index (χ1) is 14.3. The molecule has 5 nitrogen and oxygen atoms in total. The van der Waals surface area contributed by atoms with Gasteiger partial charge in [0, 0.05) is 43.3 Å². The topological polar surface area (TPSA) is 49.3 Å². The van der Waals surface area contributed by atoms with Crippen LogP contribution in [0.25, 0.3) is 10.6 Å². The summed E-state index contributed by atoms with van der Waals surface area (Å²) in [6.45, 7) is 3.93. The highest BCUT2D eigenvalue weighted by molar-refractivity contribution is 7.13. The molecule has 4 rings (SSSR count). The summed E-state index contributed by atoms with van der Waals surface area (Å²) in [6, 6.07) is 10.4. The van der Waals surface area contributed by atoms with E-state index in [0.717, 1.165) is 28.4 Å².